The van der Waals surface area contributed by atoms with E-state index < -0.39 is 0 Å². The number of carbonyl (C=O) groups is 1. The number of phenolic OH excluding ortho intramolecular Hbond substituents is 1. The molecule has 0 radical (unpaired) electrons. The number of amides is 1. The molecule has 3 atom stereocenters. The standard InChI is InChI=1S/C29H32N2O2/c1-3-16-31(17-4-2)29(33)20-12-14-25-24(18-20)22-10-7-11-23(22)28(30-25)27-21-9-6-5-8-19(21)13-15-26(27)32/h5-10,12-15,18,22-23,28,30,32H,3-4,11,16-17H2,1-2H3. The van der Waals surface area contributed by atoms with Crippen molar-refractivity contribution < 1.29 is 9.90 Å². The molecule has 2 N–H and O–H groups in total. The molecule has 3 aromatic carbocycles. The van der Waals surface area contributed by atoms with Gasteiger partial charge in [0, 0.05) is 35.8 Å². The first-order valence-corrected chi connectivity index (χ1v) is 12.2. The van der Waals surface area contributed by atoms with Crippen LogP contribution in [0.5, 0.6) is 5.75 Å². The Kier molecular flexibility index (Phi) is 5.84. The number of allylic oxidation sites excluding steroid dienone is 2. The second-order valence-corrected chi connectivity index (χ2v) is 9.29. The van der Waals surface area contributed by atoms with Crippen molar-refractivity contribution in [3.8, 4) is 5.75 Å². The third-order valence-electron chi connectivity index (χ3n) is 7.14. The van der Waals surface area contributed by atoms with Crippen LogP contribution in [-0.2, 0) is 0 Å². The molecule has 1 amide bonds. The largest absolute Gasteiger partial charge is 0.508 e. The van der Waals surface area contributed by atoms with Crippen molar-refractivity contribution in [2.75, 3.05) is 18.4 Å². The van der Waals surface area contributed by atoms with E-state index in [4.69, 9.17) is 0 Å². The molecule has 0 saturated carbocycles. The zero-order valence-electron chi connectivity index (χ0n) is 19.4. The number of anilines is 1. The average Bonchev–Trinajstić information content (AvgIpc) is 3.33. The van der Waals surface area contributed by atoms with Crippen LogP contribution >= 0.6 is 0 Å². The molecule has 0 fully saturated rings. The lowest BCUT2D eigenvalue weighted by molar-refractivity contribution is 0.0755. The minimum Gasteiger partial charge on any atom is -0.508 e. The fourth-order valence-electron chi connectivity index (χ4n) is 5.66. The summed E-state index contributed by atoms with van der Waals surface area (Å²) in [6.45, 7) is 5.81. The van der Waals surface area contributed by atoms with Crippen molar-refractivity contribution in [2.24, 2.45) is 5.92 Å². The van der Waals surface area contributed by atoms with E-state index >= 15 is 0 Å². The smallest absolute Gasteiger partial charge is 0.253 e. The molecule has 0 spiro atoms. The maximum Gasteiger partial charge on any atom is 0.253 e. The van der Waals surface area contributed by atoms with Crippen LogP contribution < -0.4 is 5.32 Å². The Hall–Kier alpha value is -3.27. The summed E-state index contributed by atoms with van der Waals surface area (Å²) in [5.74, 6) is 0.973. The molecule has 33 heavy (non-hydrogen) atoms. The van der Waals surface area contributed by atoms with E-state index in [2.05, 4.69) is 55.6 Å². The first-order chi connectivity index (χ1) is 16.1. The van der Waals surface area contributed by atoms with E-state index in [-0.39, 0.29) is 17.9 Å². The van der Waals surface area contributed by atoms with Gasteiger partial charge in [0.15, 0.2) is 0 Å². The number of hydrogen-bond acceptors (Lipinski definition) is 3. The molecule has 1 heterocycles. The first-order valence-electron chi connectivity index (χ1n) is 12.2. The van der Waals surface area contributed by atoms with Crippen LogP contribution in [0, 0.1) is 5.92 Å². The highest BCUT2D eigenvalue weighted by Gasteiger charge is 2.39. The normalized spacial score (nSPS) is 20.8. The van der Waals surface area contributed by atoms with Gasteiger partial charge in [-0.3, -0.25) is 4.79 Å². The minimum atomic E-state index is 0.00170. The molecule has 0 aromatic heterocycles. The Bertz CT molecular complexity index is 1210. The first kappa shape index (κ1) is 21.6. The Labute approximate surface area is 195 Å². The van der Waals surface area contributed by atoms with Gasteiger partial charge in [-0.15, -0.1) is 0 Å². The summed E-state index contributed by atoms with van der Waals surface area (Å²) in [7, 11) is 0. The van der Waals surface area contributed by atoms with Crippen LogP contribution in [0.1, 0.15) is 66.6 Å². The van der Waals surface area contributed by atoms with Gasteiger partial charge in [-0.25, -0.2) is 0 Å². The van der Waals surface area contributed by atoms with Gasteiger partial charge in [0.2, 0.25) is 0 Å². The Morgan fingerprint density at radius 3 is 2.64 bits per heavy atom. The number of hydrogen-bond donors (Lipinski definition) is 2. The number of fused-ring (bicyclic) bond motifs is 4. The predicted molar refractivity (Wildman–Crippen MR) is 135 cm³/mol. The molecule has 4 nitrogen and oxygen atoms in total. The summed E-state index contributed by atoms with van der Waals surface area (Å²) in [5.41, 5.74) is 3.97. The second-order valence-electron chi connectivity index (χ2n) is 9.29. The molecule has 1 aliphatic heterocycles. The van der Waals surface area contributed by atoms with Gasteiger partial charge in [0.1, 0.15) is 5.75 Å². The third kappa shape index (κ3) is 3.78. The van der Waals surface area contributed by atoms with E-state index in [1.807, 2.05) is 35.2 Å². The van der Waals surface area contributed by atoms with Crippen molar-refractivity contribution >= 4 is 22.4 Å². The summed E-state index contributed by atoms with van der Waals surface area (Å²) in [4.78, 5) is 15.2. The van der Waals surface area contributed by atoms with Crippen LogP contribution in [-0.4, -0.2) is 29.0 Å². The van der Waals surface area contributed by atoms with Crippen molar-refractivity contribution in [2.45, 2.75) is 45.1 Å². The summed E-state index contributed by atoms with van der Waals surface area (Å²) in [5, 5.41) is 16.9. The summed E-state index contributed by atoms with van der Waals surface area (Å²) < 4.78 is 0. The van der Waals surface area contributed by atoms with Crippen LogP contribution in [0.25, 0.3) is 10.8 Å². The Balaban J connectivity index is 1.54. The fraction of sp³-hybridized carbons (Fsp3) is 0.345. The molecular formula is C29H32N2O2. The van der Waals surface area contributed by atoms with Crippen LogP contribution in [0.2, 0.25) is 0 Å². The SMILES string of the molecule is CCCN(CCC)C(=O)c1ccc2c(c1)C1C=CCC1C(c1c(O)ccc3ccccc13)N2. The van der Waals surface area contributed by atoms with Crippen LogP contribution in [0.15, 0.2) is 66.7 Å². The van der Waals surface area contributed by atoms with Crippen LogP contribution in [0.4, 0.5) is 5.69 Å². The van der Waals surface area contributed by atoms with E-state index in [9.17, 15) is 9.90 Å². The Morgan fingerprint density at radius 2 is 1.85 bits per heavy atom. The number of nitrogens with zero attached hydrogens (tertiary/aromatic N) is 1. The molecule has 170 valence electrons. The van der Waals surface area contributed by atoms with Crippen LogP contribution in [0.3, 0.4) is 0 Å². The number of benzene rings is 3. The molecule has 1 aliphatic carbocycles. The molecule has 0 bridgehead atoms. The maximum atomic E-state index is 13.2. The molecule has 3 aromatic rings. The molecular weight excluding hydrogens is 408 g/mol. The molecule has 0 saturated heterocycles. The molecule has 2 aliphatic rings. The highest BCUT2D eigenvalue weighted by atomic mass is 16.3. The quantitative estimate of drug-likeness (QED) is 0.423. The lowest BCUT2D eigenvalue weighted by Crippen LogP contribution is -2.33. The van der Waals surface area contributed by atoms with Crippen molar-refractivity contribution in [1.82, 2.24) is 4.90 Å². The molecule has 4 heteroatoms. The lowest BCUT2D eigenvalue weighted by atomic mass is 9.75. The van der Waals surface area contributed by atoms with Gasteiger partial charge in [-0.2, -0.15) is 0 Å². The summed E-state index contributed by atoms with van der Waals surface area (Å²) in [6, 6.07) is 18.1. The Morgan fingerprint density at radius 1 is 1.06 bits per heavy atom. The topological polar surface area (TPSA) is 52.6 Å². The highest BCUT2D eigenvalue weighted by molar-refractivity contribution is 5.95. The van der Waals surface area contributed by atoms with Gasteiger partial charge < -0.3 is 15.3 Å². The summed E-state index contributed by atoms with van der Waals surface area (Å²) >= 11 is 0. The van der Waals surface area contributed by atoms with E-state index in [0.717, 1.165) is 59.9 Å². The molecule has 5 rings (SSSR count). The number of aromatic hydroxyl groups is 1. The monoisotopic (exact) mass is 440 g/mol. The number of carbonyl (C=O) groups excluding carboxylic acids is 1. The number of nitrogens with one attached hydrogen (secondary N) is 1. The average molecular weight is 441 g/mol. The number of phenols is 1. The number of rotatable bonds is 6. The third-order valence-corrected chi connectivity index (χ3v) is 7.14. The van der Waals surface area contributed by atoms with Gasteiger partial charge in [0.05, 0.1) is 6.04 Å². The maximum absolute atomic E-state index is 13.2. The zero-order valence-corrected chi connectivity index (χ0v) is 19.4. The fourth-order valence-corrected chi connectivity index (χ4v) is 5.66. The van der Waals surface area contributed by atoms with E-state index in [0.29, 0.717) is 11.7 Å². The second kappa shape index (κ2) is 8.93. The van der Waals surface area contributed by atoms with E-state index in [1.54, 1.807) is 0 Å². The van der Waals surface area contributed by atoms with Gasteiger partial charge in [0.25, 0.3) is 5.91 Å². The minimum absolute atomic E-state index is 0.00170. The van der Waals surface area contributed by atoms with E-state index in [1.165, 1.54) is 5.56 Å². The molecule has 3 unspecified atom stereocenters. The zero-order chi connectivity index (χ0) is 22.9. The van der Waals surface area contributed by atoms with Gasteiger partial charge in [-0.1, -0.05) is 56.3 Å². The van der Waals surface area contributed by atoms with Crippen molar-refractivity contribution in [1.29, 1.82) is 0 Å². The van der Waals surface area contributed by atoms with Gasteiger partial charge in [-0.05, 0) is 65.8 Å². The summed E-state index contributed by atoms with van der Waals surface area (Å²) in [6.07, 6.45) is 7.39. The predicted octanol–water partition coefficient (Wildman–Crippen LogP) is 6.63. The highest BCUT2D eigenvalue weighted by Crippen LogP contribution is 2.52. The van der Waals surface area contributed by atoms with Crippen molar-refractivity contribution in [3.63, 3.8) is 0 Å². The van der Waals surface area contributed by atoms with Gasteiger partial charge >= 0.3 is 0 Å². The lowest BCUT2D eigenvalue weighted by Gasteiger charge is -2.38. The van der Waals surface area contributed by atoms with Crippen molar-refractivity contribution in [3.05, 3.63) is 83.4 Å².